The summed E-state index contributed by atoms with van der Waals surface area (Å²) in [4.78, 5) is 45.4. The zero-order chi connectivity index (χ0) is 43.1. The van der Waals surface area contributed by atoms with Crippen LogP contribution in [0.25, 0.3) is 16.9 Å². The summed E-state index contributed by atoms with van der Waals surface area (Å²) in [5, 5.41) is 13.0. The van der Waals surface area contributed by atoms with Gasteiger partial charge in [0.2, 0.25) is 0 Å². The number of pyridine rings is 2. The summed E-state index contributed by atoms with van der Waals surface area (Å²) in [6.07, 6.45) is 3.32. The molecule has 3 aliphatic rings. The lowest BCUT2D eigenvalue weighted by Crippen LogP contribution is -2.37. The number of alkyl halides is 6. The highest BCUT2D eigenvalue weighted by molar-refractivity contribution is 6.26. The molecule has 0 fully saturated rings. The van der Waals surface area contributed by atoms with Crippen LogP contribution in [0.4, 0.5) is 37.7 Å². The van der Waals surface area contributed by atoms with E-state index >= 15 is 0 Å². The molecule has 14 nitrogen and oxygen atoms in total. The van der Waals surface area contributed by atoms with E-state index in [4.69, 9.17) is 0 Å². The van der Waals surface area contributed by atoms with Crippen LogP contribution in [0.15, 0.2) is 137 Å². The summed E-state index contributed by atoms with van der Waals surface area (Å²) in [5.74, 6) is -1.97. The molecule has 0 saturated carbocycles. The predicted octanol–water partition coefficient (Wildman–Crippen LogP) is 8.07. The number of hydrogen-bond acceptors (Lipinski definition) is 11. The standard InChI is InChI=1S/C41H30F6N10O4/c1-23-17-25(11-14-48-23)51-39(59)31-22-55(57-16-13-33(54-37(31)57)29-8-4-6-10-35(29)61-41(45,46)47)21-27-19-26(18-24(2)50-27)52-38(58)30-20-49-56-15-12-32(53-36(30)56)28-7-3-5-9-34(28)60-40(42,43)44/h3-7,9-20,22H,8,21H2,1-2H3,(H,48,51,59)(H,50,52,58). The van der Waals surface area contributed by atoms with Crippen LogP contribution in [-0.4, -0.2) is 65.0 Å². The van der Waals surface area contributed by atoms with Crippen LogP contribution in [-0.2, 0) is 16.1 Å². The van der Waals surface area contributed by atoms with Gasteiger partial charge in [-0.2, -0.15) is 5.10 Å². The van der Waals surface area contributed by atoms with E-state index in [1.165, 1.54) is 71.8 Å². The molecule has 0 bridgehead atoms. The number of allylic oxidation sites excluding steroid dienone is 5. The molecule has 0 radical (unpaired) electrons. The van der Waals surface area contributed by atoms with Crippen LogP contribution in [0, 0.1) is 13.8 Å². The number of nitrogens with zero attached hydrogens (tertiary/aromatic N) is 8. The molecule has 1 aliphatic carbocycles. The van der Waals surface area contributed by atoms with Crippen LogP contribution < -0.4 is 15.4 Å². The minimum Gasteiger partial charge on any atom is -0.405 e. The average Bonchev–Trinajstić information content (AvgIpc) is 3.78. The van der Waals surface area contributed by atoms with Crippen molar-refractivity contribution < 1.29 is 45.4 Å². The first kappa shape index (κ1) is 40.0. The molecule has 8 rings (SSSR count). The number of amidine groups is 1. The fourth-order valence-electron chi connectivity index (χ4n) is 6.67. The third-order valence-corrected chi connectivity index (χ3v) is 9.14. The summed E-state index contributed by atoms with van der Waals surface area (Å²) in [5.41, 5.74) is 2.98. The van der Waals surface area contributed by atoms with E-state index in [9.17, 15) is 35.9 Å². The van der Waals surface area contributed by atoms with Gasteiger partial charge in [-0.3, -0.25) is 24.6 Å². The number of carbonyl (C=O) groups excluding carboxylic acids is 2. The molecule has 61 heavy (non-hydrogen) atoms. The Labute approximate surface area is 341 Å². The number of rotatable bonds is 9. The fourth-order valence-corrected chi connectivity index (χ4v) is 6.67. The van der Waals surface area contributed by atoms with Gasteiger partial charge in [0, 0.05) is 58.7 Å². The number of hydrogen-bond donors (Lipinski definition) is 2. The molecule has 310 valence electrons. The number of aromatic nitrogens is 5. The molecule has 5 aromatic rings. The Morgan fingerprint density at radius 2 is 1.66 bits per heavy atom. The minimum absolute atomic E-state index is 0.0194. The Morgan fingerprint density at radius 3 is 2.44 bits per heavy atom. The maximum absolute atomic E-state index is 13.8. The molecule has 0 saturated heterocycles. The number of benzene rings is 1. The zero-order valence-electron chi connectivity index (χ0n) is 31.8. The molecule has 0 unspecified atom stereocenters. The Kier molecular flexibility index (Phi) is 10.3. The summed E-state index contributed by atoms with van der Waals surface area (Å²) >= 11 is 0. The Bertz CT molecular complexity index is 2790. The number of fused-ring (bicyclic) bond motifs is 2. The maximum Gasteiger partial charge on any atom is 0.573 e. The summed E-state index contributed by atoms with van der Waals surface area (Å²) in [6.45, 7) is 3.49. The monoisotopic (exact) mass is 840 g/mol. The highest BCUT2D eigenvalue weighted by Gasteiger charge is 2.37. The molecule has 2 N–H and O–H groups in total. The lowest BCUT2D eigenvalue weighted by Gasteiger charge is -2.30. The highest BCUT2D eigenvalue weighted by atomic mass is 19.4. The third kappa shape index (κ3) is 8.97. The highest BCUT2D eigenvalue weighted by Crippen LogP contribution is 2.36. The number of hydrazine groups is 1. The van der Waals surface area contributed by atoms with Gasteiger partial charge in [0.25, 0.3) is 11.8 Å². The molecular formula is C41H30F6N10O4. The number of para-hydroxylation sites is 1. The molecule has 20 heteroatoms. The van der Waals surface area contributed by atoms with Crippen molar-refractivity contribution in [3.63, 3.8) is 0 Å². The summed E-state index contributed by atoms with van der Waals surface area (Å²) < 4.78 is 89.2. The van der Waals surface area contributed by atoms with E-state index in [0.717, 1.165) is 6.07 Å². The molecular weight excluding hydrogens is 811 g/mol. The van der Waals surface area contributed by atoms with E-state index in [1.54, 1.807) is 60.4 Å². The number of anilines is 2. The zero-order valence-corrected chi connectivity index (χ0v) is 31.8. The number of carbonyl (C=O) groups is 2. The lowest BCUT2D eigenvalue weighted by molar-refractivity contribution is -0.304. The van der Waals surface area contributed by atoms with Gasteiger partial charge in [0.15, 0.2) is 11.5 Å². The van der Waals surface area contributed by atoms with Gasteiger partial charge < -0.3 is 20.1 Å². The Balaban J connectivity index is 1.07. The van der Waals surface area contributed by atoms with E-state index in [0.29, 0.717) is 28.5 Å². The lowest BCUT2D eigenvalue weighted by atomic mass is 10.0. The van der Waals surface area contributed by atoms with Crippen molar-refractivity contribution in [3.8, 4) is 17.0 Å². The van der Waals surface area contributed by atoms with Gasteiger partial charge in [-0.25, -0.2) is 19.5 Å². The van der Waals surface area contributed by atoms with Gasteiger partial charge in [-0.15, -0.1) is 26.3 Å². The first-order valence-electron chi connectivity index (χ1n) is 18.2. The Morgan fingerprint density at radius 1 is 0.885 bits per heavy atom. The molecule has 1 aromatic carbocycles. The normalized spacial score (nSPS) is 16.2. The molecule has 6 heterocycles. The first-order chi connectivity index (χ1) is 29.1. The number of nitrogens with one attached hydrogen (secondary N) is 2. The van der Waals surface area contributed by atoms with Crippen molar-refractivity contribution in [2.75, 3.05) is 10.6 Å². The van der Waals surface area contributed by atoms with Crippen molar-refractivity contribution >= 4 is 34.7 Å². The fraction of sp³-hybridized carbons (Fsp3) is 0.146. The second-order valence-corrected chi connectivity index (χ2v) is 13.6. The predicted molar refractivity (Wildman–Crippen MR) is 208 cm³/mol. The van der Waals surface area contributed by atoms with Gasteiger partial charge >= 0.3 is 12.7 Å². The second kappa shape index (κ2) is 15.8. The van der Waals surface area contributed by atoms with Crippen LogP contribution in [0.3, 0.4) is 0 Å². The average molecular weight is 841 g/mol. The molecule has 4 aromatic heterocycles. The molecule has 0 atom stereocenters. The van der Waals surface area contributed by atoms with Crippen molar-refractivity contribution in [1.29, 1.82) is 0 Å². The topological polar surface area (TPSA) is 151 Å². The van der Waals surface area contributed by atoms with Crippen molar-refractivity contribution in [1.82, 2.24) is 34.6 Å². The van der Waals surface area contributed by atoms with Gasteiger partial charge in [0.05, 0.1) is 29.8 Å². The van der Waals surface area contributed by atoms with Gasteiger partial charge in [0.1, 0.15) is 22.6 Å². The second-order valence-electron chi connectivity index (χ2n) is 13.6. The summed E-state index contributed by atoms with van der Waals surface area (Å²) in [7, 11) is 0. The SMILES string of the molecule is Cc1cc(NC(=O)C2=CN(Cc3cc(NC(=O)c4cnn5ccc(-c6ccccc6OC(F)(F)F)nc45)cc(C)n3)N3C=CC(=C4CC=CC=C4OC(F)(F)F)N=C23)ccn1. The van der Waals surface area contributed by atoms with Crippen LogP contribution in [0.2, 0.25) is 0 Å². The Hall–Kier alpha value is -7.77. The molecule has 0 spiro atoms. The number of aliphatic imine (C=N–C) groups is 1. The van der Waals surface area contributed by atoms with Crippen LogP contribution in [0.1, 0.15) is 33.9 Å². The van der Waals surface area contributed by atoms with Gasteiger partial charge in [-0.05, 0) is 74.9 Å². The van der Waals surface area contributed by atoms with Crippen LogP contribution in [0.5, 0.6) is 5.75 Å². The number of ether oxygens (including phenoxy) is 2. The van der Waals surface area contributed by atoms with Crippen molar-refractivity contribution in [3.05, 3.63) is 155 Å². The third-order valence-electron chi connectivity index (χ3n) is 9.14. The number of aryl methyl sites for hydroxylation is 2. The number of halogens is 6. The smallest absolute Gasteiger partial charge is 0.405 e. The number of amides is 2. The van der Waals surface area contributed by atoms with E-state index in [2.05, 4.69) is 45.2 Å². The molecule has 2 aliphatic heterocycles. The first-order valence-corrected chi connectivity index (χ1v) is 18.2. The van der Waals surface area contributed by atoms with E-state index in [1.807, 2.05) is 0 Å². The van der Waals surface area contributed by atoms with Crippen LogP contribution >= 0.6 is 0 Å². The van der Waals surface area contributed by atoms with Gasteiger partial charge in [-0.1, -0.05) is 24.3 Å². The van der Waals surface area contributed by atoms with Crippen molar-refractivity contribution in [2.45, 2.75) is 39.5 Å². The minimum atomic E-state index is -4.95. The largest absolute Gasteiger partial charge is 0.573 e. The van der Waals surface area contributed by atoms with E-state index < -0.39 is 36.0 Å². The van der Waals surface area contributed by atoms with Crippen molar-refractivity contribution in [2.24, 2.45) is 4.99 Å². The maximum atomic E-state index is 13.8. The summed E-state index contributed by atoms with van der Waals surface area (Å²) in [6, 6.07) is 13.4. The quantitative estimate of drug-likeness (QED) is 0.140. The van der Waals surface area contributed by atoms with E-state index in [-0.39, 0.29) is 58.1 Å². The molecule has 2 amide bonds.